The van der Waals surface area contributed by atoms with E-state index in [1.807, 2.05) is 19.0 Å². The Kier molecular flexibility index (Phi) is 7.69. The summed E-state index contributed by atoms with van der Waals surface area (Å²) < 4.78 is 0. The minimum absolute atomic E-state index is 0.0295. The molecule has 0 heterocycles. The van der Waals surface area contributed by atoms with Crippen molar-refractivity contribution in [3.8, 4) is 0 Å². The van der Waals surface area contributed by atoms with E-state index in [2.05, 4.69) is 5.43 Å². The van der Waals surface area contributed by atoms with E-state index in [9.17, 15) is 9.59 Å². The molecule has 0 aromatic rings. The van der Waals surface area contributed by atoms with Gasteiger partial charge in [-0.3, -0.25) is 19.5 Å². The number of hydrogen-bond donors (Lipinski definition) is 1. The van der Waals surface area contributed by atoms with Crippen molar-refractivity contribution in [2.24, 2.45) is 0 Å². The fourth-order valence-electron chi connectivity index (χ4n) is 1.41. The van der Waals surface area contributed by atoms with Gasteiger partial charge in [-0.2, -0.15) is 0 Å². The molecule has 100 valence electrons. The molecule has 1 N–H and O–H groups in total. The van der Waals surface area contributed by atoms with Crippen LogP contribution in [0.4, 0.5) is 0 Å². The maximum Gasteiger partial charge on any atom is 0.250 e. The lowest BCUT2D eigenvalue weighted by atomic mass is 10.4. The molecular weight excluding hydrogens is 220 g/mol. The van der Waals surface area contributed by atoms with Crippen LogP contribution >= 0.6 is 0 Å². The number of amides is 1. The molecule has 6 heteroatoms. The Hall–Kier alpha value is -0.980. The van der Waals surface area contributed by atoms with Gasteiger partial charge >= 0.3 is 0 Å². The molecule has 0 radical (unpaired) electrons. The van der Waals surface area contributed by atoms with Gasteiger partial charge in [-0.1, -0.05) is 0 Å². The summed E-state index contributed by atoms with van der Waals surface area (Å²) >= 11 is 0. The molecule has 0 aliphatic rings. The molecule has 0 saturated carbocycles. The SMILES string of the molecule is CNN(CCN(C)C)C(=O)CN(C)CC(C)=O. The largest absolute Gasteiger partial charge is 0.308 e. The van der Waals surface area contributed by atoms with Crippen LogP contribution in [-0.2, 0) is 9.59 Å². The number of hydrazine groups is 1. The van der Waals surface area contributed by atoms with Crippen LogP contribution in [0.3, 0.4) is 0 Å². The second kappa shape index (κ2) is 8.16. The number of ketones is 1. The van der Waals surface area contributed by atoms with Crippen LogP contribution in [0.15, 0.2) is 0 Å². The second-order valence-electron chi connectivity index (χ2n) is 4.45. The van der Waals surface area contributed by atoms with Crippen molar-refractivity contribution in [3.63, 3.8) is 0 Å². The van der Waals surface area contributed by atoms with Gasteiger partial charge < -0.3 is 4.90 Å². The van der Waals surface area contributed by atoms with Gasteiger partial charge in [-0.05, 0) is 28.1 Å². The van der Waals surface area contributed by atoms with Crippen LogP contribution in [0.2, 0.25) is 0 Å². The van der Waals surface area contributed by atoms with Crippen molar-refractivity contribution in [1.29, 1.82) is 0 Å². The first kappa shape index (κ1) is 16.0. The smallest absolute Gasteiger partial charge is 0.250 e. The fraction of sp³-hybridized carbons (Fsp3) is 0.818. The molecule has 0 spiro atoms. The lowest BCUT2D eigenvalue weighted by molar-refractivity contribution is -0.135. The van der Waals surface area contributed by atoms with Crippen LogP contribution in [0.1, 0.15) is 6.92 Å². The molecule has 0 unspecified atom stereocenters. The van der Waals surface area contributed by atoms with Gasteiger partial charge in [0.25, 0.3) is 5.91 Å². The number of rotatable bonds is 8. The molecule has 0 aliphatic heterocycles. The molecule has 0 aliphatic carbocycles. The molecular formula is C11H24N4O2. The Morgan fingerprint density at radius 2 is 1.65 bits per heavy atom. The Morgan fingerprint density at radius 3 is 2.06 bits per heavy atom. The Bertz CT molecular complexity index is 256. The zero-order chi connectivity index (χ0) is 13.4. The van der Waals surface area contributed by atoms with Crippen LogP contribution in [0, 0.1) is 0 Å². The van der Waals surface area contributed by atoms with E-state index in [1.54, 1.807) is 24.0 Å². The van der Waals surface area contributed by atoms with Crippen LogP contribution in [0.25, 0.3) is 0 Å². The Balaban J connectivity index is 4.11. The summed E-state index contributed by atoms with van der Waals surface area (Å²) in [6.07, 6.45) is 0. The summed E-state index contributed by atoms with van der Waals surface area (Å²) in [5.74, 6) is 0.0303. The number of nitrogens with one attached hydrogen (secondary N) is 1. The summed E-state index contributed by atoms with van der Waals surface area (Å²) in [6.45, 7) is 3.48. The van der Waals surface area contributed by atoms with E-state index in [1.165, 1.54) is 6.92 Å². The molecule has 6 nitrogen and oxygen atoms in total. The Labute approximate surface area is 104 Å². The van der Waals surface area contributed by atoms with Gasteiger partial charge in [0.2, 0.25) is 0 Å². The van der Waals surface area contributed by atoms with Crippen molar-refractivity contribution in [2.75, 3.05) is 54.4 Å². The first-order valence-electron chi connectivity index (χ1n) is 5.67. The lowest BCUT2D eigenvalue weighted by Crippen LogP contribution is -2.48. The minimum atomic E-state index is -0.0295. The molecule has 1 amide bonds. The Morgan fingerprint density at radius 1 is 1.06 bits per heavy atom. The fourth-order valence-corrected chi connectivity index (χ4v) is 1.41. The molecule has 0 aromatic carbocycles. The maximum atomic E-state index is 11.9. The van der Waals surface area contributed by atoms with Gasteiger partial charge in [-0.15, -0.1) is 0 Å². The van der Waals surface area contributed by atoms with E-state index in [4.69, 9.17) is 0 Å². The van der Waals surface area contributed by atoms with Crippen molar-refractivity contribution in [2.45, 2.75) is 6.92 Å². The highest BCUT2D eigenvalue weighted by atomic mass is 16.2. The summed E-state index contributed by atoms with van der Waals surface area (Å²) in [5, 5.41) is 1.57. The quantitative estimate of drug-likeness (QED) is 0.557. The third-order valence-corrected chi connectivity index (χ3v) is 2.24. The molecule has 0 bridgehead atoms. The molecule has 0 rings (SSSR count). The summed E-state index contributed by atoms with van der Waals surface area (Å²) in [6, 6.07) is 0. The predicted molar refractivity (Wildman–Crippen MR) is 67.5 cm³/mol. The van der Waals surface area contributed by atoms with Crippen molar-refractivity contribution in [1.82, 2.24) is 20.2 Å². The van der Waals surface area contributed by atoms with Gasteiger partial charge in [0.1, 0.15) is 5.78 Å². The molecule has 0 atom stereocenters. The van der Waals surface area contributed by atoms with E-state index in [0.717, 1.165) is 6.54 Å². The minimum Gasteiger partial charge on any atom is -0.308 e. The van der Waals surface area contributed by atoms with Gasteiger partial charge in [0.05, 0.1) is 19.6 Å². The van der Waals surface area contributed by atoms with E-state index in [-0.39, 0.29) is 18.2 Å². The summed E-state index contributed by atoms with van der Waals surface area (Å²) in [7, 11) is 7.40. The monoisotopic (exact) mass is 244 g/mol. The number of likely N-dealkylation sites (N-methyl/N-ethyl adjacent to an activating group) is 2. The molecule has 0 fully saturated rings. The number of hydrogen-bond acceptors (Lipinski definition) is 5. The van der Waals surface area contributed by atoms with Crippen molar-refractivity contribution in [3.05, 3.63) is 0 Å². The maximum absolute atomic E-state index is 11.9. The number of carbonyl (C=O) groups is 2. The zero-order valence-corrected chi connectivity index (χ0v) is 11.5. The predicted octanol–water partition coefficient (Wildman–Crippen LogP) is -0.968. The molecule has 0 aromatic heterocycles. The van der Waals surface area contributed by atoms with Crippen LogP contribution in [-0.4, -0.2) is 80.9 Å². The topological polar surface area (TPSA) is 55.9 Å². The van der Waals surface area contributed by atoms with E-state index >= 15 is 0 Å². The van der Waals surface area contributed by atoms with Crippen molar-refractivity contribution < 1.29 is 9.59 Å². The number of Topliss-reactive ketones (excluding diaryl/α,β-unsaturated/α-hetero) is 1. The highest BCUT2D eigenvalue weighted by Crippen LogP contribution is 1.90. The van der Waals surface area contributed by atoms with E-state index in [0.29, 0.717) is 13.1 Å². The number of nitrogens with zero attached hydrogens (tertiary/aromatic N) is 3. The first-order chi connectivity index (χ1) is 7.86. The highest BCUT2D eigenvalue weighted by Gasteiger charge is 2.14. The van der Waals surface area contributed by atoms with Gasteiger partial charge in [0, 0.05) is 13.6 Å². The zero-order valence-electron chi connectivity index (χ0n) is 11.5. The van der Waals surface area contributed by atoms with Crippen LogP contribution < -0.4 is 5.43 Å². The van der Waals surface area contributed by atoms with Crippen LogP contribution in [0.5, 0.6) is 0 Å². The molecule has 0 saturated heterocycles. The van der Waals surface area contributed by atoms with Crippen molar-refractivity contribution >= 4 is 11.7 Å². The molecule has 17 heavy (non-hydrogen) atoms. The normalized spacial score (nSPS) is 11.0. The van der Waals surface area contributed by atoms with Gasteiger partial charge in [-0.25, -0.2) is 5.43 Å². The summed E-state index contributed by atoms with van der Waals surface area (Å²) in [5.41, 5.74) is 2.86. The van der Waals surface area contributed by atoms with E-state index < -0.39 is 0 Å². The number of carbonyl (C=O) groups excluding carboxylic acids is 2. The third kappa shape index (κ3) is 7.84. The average Bonchev–Trinajstić information content (AvgIpc) is 2.16. The highest BCUT2D eigenvalue weighted by molar-refractivity contribution is 5.80. The first-order valence-corrected chi connectivity index (χ1v) is 5.67. The second-order valence-corrected chi connectivity index (χ2v) is 4.45. The lowest BCUT2D eigenvalue weighted by Gasteiger charge is -2.25. The third-order valence-electron chi connectivity index (χ3n) is 2.24. The summed E-state index contributed by atoms with van der Waals surface area (Å²) in [4.78, 5) is 26.5. The average molecular weight is 244 g/mol. The standard InChI is InChI=1S/C11H24N4O2/c1-10(16)8-14(5)9-11(17)15(12-2)7-6-13(3)4/h12H,6-9H2,1-5H3. The van der Waals surface area contributed by atoms with Gasteiger partial charge in [0.15, 0.2) is 0 Å².